The van der Waals surface area contributed by atoms with Crippen molar-refractivity contribution in [2.75, 3.05) is 60.3 Å². The first-order valence-corrected chi connectivity index (χ1v) is 13.8. The fourth-order valence-corrected chi connectivity index (χ4v) is 5.34. The van der Waals surface area contributed by atoms with Crippen molar-refractivity contribution in [3.05, 3.63) is 40.8 Å². The number of aromatic amines is 1. The summed E-state index contributed by atoms with van der Waals surface area (Å²) < 4.78 is 37.3. The third-order valence-corrected chi connectivity index (χ3v) is 7.04. The number of nitrogens with one attached hydrogen (secondary N) is 2. The van der Waals surface area contributed by atoms with Gasteiger partial charge in [0.05, 0.1) is 55.5 Å². The van der Waals surface area contributed by atoms with Gasteiger partial charge >= 0.3 is 5.69 Å². The van der Waals surface area contributed by atoms with Gasteiger partial charge < -0.3 is 19.3 Å². The number of hydrogen-bond donors (Lipinski definition) is 2. The minimum Gasteiger partial charge on any atom is -0.377 e. The molecule has 3 aromatic rings. The maximum absolute atomic E-state index is 12.7. The lowest BCUT2D eigenvalue weighted by Crippen LogP contribution is -2.46. The van der Waals surface area contributed by atoms with Gasteiger partial charge in [0.15, 0.2) is 0 Å². The summed E-state index contributed by atoms with van der Waals surface area (Å²) in [6, 6.07) is 9.16. The van der Waals surface area contributed by atoms with Gasteiger partial charge in [-0.3, -0.25) is 9.71 Å². The van der Waals surface area contributed by atoms with Gasteiger partial charge in [0.2, 0.25) is 10.0 Å². The molecule has 0 bridgehead atoms. The van der Waals surface area contributed by atoms with Crippen LogP contribution in [0.2, 0.25) is 0 Å². The van der Waals surface area contributed by atoms with Crippen LogP contribution in [0, 0.1) is 0 Å². The van der Waals surface area contributed by atoms with Gasteiger partial charge in [-0.05, 0) is 32.0 Å². The summed E-state index contributed by atoms with van der Waals surface area (Å²) in [5.74, 6) is 0.588. The Labute approximate surface area is 209 Å². The van der Waals surface area contributed by atoms with E-state index < -0.39 is 15.7 Å². The van der Waals surface area contributed by atoms with Gasteiger partial charge in [0, 0.05) is 30.4 Å². The van der Waals surface area contributed by atoms with E-state index in [0.29, 0.717) is 67.9 Å². The minimum absolute atomic E-state index is 0.0460. The second kappa shape index (κ2) is 9.68. The lowest BCUT2D eigenvalue weighted by Gasteiger charge is -2.38. The van der Waals surface area contributed by atoms with Crippen LogP contribution in [0.15, 0.2) is 35.1 Å². The number of nitrogens with zero attached hydrogens (tertiary/aromatic N) is 4. The molecule has 2 N–H and O–H groups in total. The monoisotopic (exact) mass is 514 g/mol. The molecule has 0 unspecified atom stereocenters. The van der Waals surface area contributed by atoms with Gasteiger partial charge in [0.1, 0.15) is 11.5 Å². The third kappa shape index (κ3) is 5.01. The molecule has 36 heavy (non-hydrogen) atoms. The first kappa shape index (κ1) is 24.5. The molecule has 2 aliphatic rings. The predicted molar refractivity (Wildman–Crippen MR) is 139 cm³/mol. The fourth-order valence-electron chi connectivity index (χ4n) is 4.79. The topological polar surface area (TPSA) is 130 Å². The van der Waals surface area contributed by atoms with E-state index in [1.165, 1.54) is 0 Å². The number of H-pyrrole nitrogens is 1. The number of rotatable bonds is 5. The second-order valence-electron chi connectivity index (χ2n) is 9.31. The van der Waals surface area contributed by atoms with Crippen molar-refractivity contribution in [2.45, 2.75) is 25.9 Å². The summed E-state index contributed by atoms with van der Waals surface area (Å²) in [5, 5.41) is 0.770. The van der Waals surface area contributed by atoms with E-state index in [0.717, 1.165) is 17.3 Å². The van der Waals surface area contributed by atoms with Crippen molar-refractivity contribution < 1.29 is 17.9 Å². The number of ether oxygens (including phenoxy) is 2. The first-order chi connectivity index (χ1) is 17.2. The molecular weight excluding hydrogens is 484 g/mol. The summed E-state index contributed by atoms with van der Waals surface area (Å²) in [4.78, 5) is 29.1. The normalized spacial score (nSPS) is 21.1. The SMILES string of the molecule is C[C@H]1COCCN1c1cc(-c2cccc(NS(C)(=O)=O)c2)nc2[nH]c(=O)nc(N3CCOC[C@@H]3C)c12. The van der Waals surface area contributed by atoms with E-state index in [-0.39, 0.29) is 12.1 Å². The van der Waals surface area contributed by atoms with Crippen molar-refractivity contribution in [3.8, 4) is 11.3 Å². The average Bonchev–Trinajstić information content (AvgIpc) is 2.82. The lowest BCUT2D eigenvalue weighted by molar-refractivity contribution is 0.0984. The van der Waals surface area contributed by atoms with Gasteiger partial charge in [0.25, 0.3) is 0 Å². The molecule has 2 aromatic heterocycles. The third-order valence-electron chi connectivity index (χ3n) is 6.43. The quantitative estimate of drug-likeness (QED) is 0.523. The minimum atomic E-state index is -3.44. The van der Waals surface area contributed by atoms with Crippen LogP contribution in [0.25, 0.3) is 22.3 Å². The van der Waals surface area contributed by atoms with E-state index in [4.69, 9.17) is 14.5 Å². The molecule has 2 aliphatic heterocycles. The Bertz CT molecular complexity index is 1440. The molecule has 4 heterocycles. The first-order valence-electron chi connectivity index (χ1n) is 11.9. The second-order valence-corrected chi connectivity index (χ2v) is 11.1. The molecule has 2 fully saturated rings. The lowest BCUT2D eigenvalue weighted by atomic mass is 10.1. The Hall–Kier alpha value is -3.22. The molecule has 1 aromatic carbocycles. The van der Waals surface area contributed by atoms with Crippen LogP contribution in [-0.4, -0.2) is 81.2 Å². The number of hydrogen-bond acceptors (Lipinski definition) is 9. The van der Waals surface area contributed by atoms with E-state index in [1.54, 1.807) is 18.2 Å². The summed E-state index contributed by atoms with van der Waals surface area (Å²) in [5.41, 5.74) is 2.60. The van der Waals surface area contributed by atoms with Crippen LogP contribution in [0.1, 0.15) is 13.8 Å². The molecular formula is C24H30N6O5S. The molecule has 0 amide bonds. The van der Waals surface area contributed by atoms with Crippen molar-refractivity contribution in [2.24, 2.45) is 0 Å². The molecule has 11 nitrogen and oxygen atoms in total. The van der Waals surface area contributed by atoms with Gasteiger partial charge in [-0.2, -0.15) is 4.98 Å². The number of aromatic nitrogens is 3. The summed E-state index contributed by atoms with van der Waals surface area (Å²) >= 11 is 0. The van der Waals surface area contributed by atoms with E-state index in [2.05, 4.69) is 31.4 Å². The van der Waals surface area contributed by atoms with Crippen molar-refractivity contribution >= 4 is 38.2 Å². The van der Waals surface area contributed by atoms with Crippen LogP contribution in [-0.2, 0) is 19.5 Å². The Morgan fingerprint density at radius 2 is 1.72 bits per heavy atom. The zero-order chi connectivity index (χ0) is 25.4. The van der Waals surface area contributed by atoms with Gasteiger partial charge in [-0.25, -0.2) is 18.2 Å². The molecule has 2 saturated heterocycles. The van der Waals surface area contributed by atoms with Gasteiger partial charge in [-0.1, -0.05) is 12.1 Å². The number of fused-ring (bicyclic) bond motifs is 1. The van der Waals surface area contributed by atoms with E-state index >= 15 is 0 Å². The number of benzene rings is 1. The number of morpholine rings is 2. The van der Waals surface area contributed by atoms with Crippen molar-refractivity contribution in [1.29, 1.82) is 0 Å². The maximum atomic E-state index is 12.7. The summed E-state index contributed by atoms with van der Waals surface area (Å²) in [6.07, 6.45) is 1.11. The molecule has 0 radical (unpaired) electrons. The maximum Gasteiger partial charge on any atom is 0.348 e. The number of sulfonamides is 1. The standard InChI is InChI=1S/C24H30N6O5S/c1-15-13-34-9-7-29(15)20-12-19(17-5-4-6-18(11-17)28-36(3,32)33)25-22-21(20)23(27-24(31)26-22)30-8-10-35-14-16(30)2/h4-6,11-12,15-16,28H,7-10,13-14H2,1-3H3,(H,25,26,27,31)/t15-,16-/m0/s1. The fraction of sp³-hybridized carbons (Fsp3) is 0.458. The smallest absolute Gasteiger partial charge is 0.348 e. The molecule has 0 aliphatic carbocycles. The molecule has 0 spiro atoms. The Morgan fingerprint density at radius 3 is 2.39 bits per heavy atom. The molecule has 2 atom stereocenters. The van der Waals surface area contributed by atoms with Crippen molar-refractivity contribution in [1.82, 2.24) is 15.0 Å². The summed E-state index contributed by atoms with van der Waals surface area (Å²) in [7, 11) is -3.44. The zero-order valence-electron chi connectivity index (χ0n) is 20.5. The molecule has 12 heteroatoms. The number of anilines is 3. The Balaban J connectivity index is 1.73. The Morgan fingerprint density at radius 1 is 1.03 bits per heavy atom. The van der Waals surface area contributed by atoms with Crippen LogP contribution in [0.4, 0.5) is 17.2 Å². The Kier molecular flexibility index (Phi) is 6.58. The summed E-state index contributed by atoms with van der Waals surface area (Å²) in [6.45, 7) is 7.69. The van der Waals surface area contributed by atoms with Crippen LogP contribution >= 0.6 is 0 Å². The van der Waals surface area contributed by atoms with Gasteiger partial charge in [-0.15, -0.1) is 0 Å². The van der Waals surface area contributed by atoms with Crippen LogP contribution in [0.3, 0.4) is 0 Å². The number of pyridine rings is 1. The van der Waals surface area contributed by atoms with Crippen molar-refractivity contribution in [3.63, 3.8) is 0 Å². The molecule has 5 rings (SSSR count). The van der Waals surface area contributed by atoms with Crippen LogP contribution in [0.5, 0.6) is 0 Å². The highest BCUT2D eigenvalue weighted by atomic mass is 32.2. The average molecular weight is 515 g/mol. The zero-order valence-corrected chi connectivity index (χ0v) is 21.3. The van der Waals surface area contributed by atoms with E-state index in [9.17, 15) is 13.2 Å². The largest absolute Gasteiger partial charge is 0.377 e. The molecule has 192 valence electrons. The molecule has 0 saturated carbocycles. The highest BCUT2D eigenvalue weighted by Crippen LogP contribution is 2.37. The van der Waals surface area contributed by atoms with Crippen LogP contribution < -0.4 is 20.2 Å². The highest BCUT2D eigenvalue weighted by molar-refractivity contribution is 7.92. The van der Waals surface area contributed by atoms with E-state index in [1.807, 2.05) is 19.1 Å². The highest BCUT2D eigenvalue weighted by Gasteiger charge is 2.29. The predicted octanol–water partition coefficient (Wildman–Crippen LogP) is 1.81.